The standard InChI is InChI=1S/C21H42N2O13/c1-2-16(30)22-11(21(35)36)5-3-4-6-23(7-12(26)17(31)19(33)14(28)9-24)8-13(27)18(32)20(34)15(29)10-25/h11-15,17-20,24-29,31-34H,2-10H2,1H3,(H,22,30)(H,35,36)/t11-,12-,13-,14+,15+,17+,18+,19+,20+/m0/s1. The van der Waals surface area contributed by atoms with Crippen LogP contribution in [-0.2, 0) is 9.59 Å². The number of nitrogens with zero attached hydrogens (tertiary/aromatic N) is 1. The van der Waals surface area contributed by atoms with Crippen molar-refractivity contribution in [2.75, 3.05) is 32.8 Å². The van der Waals surface area contributed by atoms with Crippen LogP contribution in [0.4, 0.5) is 0 Å². The second-order valence-electron chi connectivity index (χ2n) is 8.66. The van der Waals surface area contributed by atoms with Gasteiger partial charge in [-0.2, -0.15) is 0 Å². The number of rotatable bonds is 20. The number of carbonyl (C=O) groups excluding carboxylic acids is 1. The smallest absolute Gasteiger partial charge is 0.326 e. The molecule has 0 rings (SSSR count). The molecule has 15 nitrogen and oxygen atoms in total. The Morgan fingerprint density at radius 1 is 0.722 bits per heavy atom. The Morgan fingerprint density at radius 3 is 1.50 bits per heavy atom. The molecule has 0 aliphatic heterocycles. The van der Waals surface area contributed by atoms with Crippen LogP contribution in [0.25, 0.3) is 0 Å². The molecular weight excluding hydrogens is 488 g/mol. The lowest BCUT2D eigenvalue weighted by atomic mass is 10.0. The molecule has 0 aliphatic rings. The predicted octanol–water partition coefficient (Wildman–Crippen LogP) is -5.69. The van der Waals surface area contributed by atoms with Gasteiger partial charge in [-0.1, -0.05) is 6.92 Å². The maximum Gasteiger partial charge on any atom is 0.326 e. The Balaban J connectivity index is 5.26. The number of unbranched alkanes of at least 4 members (excludes halogenated alkanes) is 1. The van der Waals surface area contributed by atoms with Crippen LogP contribution in [-0.4, -0.2) is 161 Å². The number of hydrogen-bond donors (Lipinski definition) is 12. The number of nitrogens with one attached hydrogen (secondary N) is 1. The van der Waals surface area contributed by atoms with Crippen LogP contribution in [0.1, 0.15) is 32.6 Å². The van der Waals surface area contributed by atoms with Gasteiger partial charge in [0, 0.05) is 19.5 Å². The third kappa shape index (κ3) is 12.2. The summed E-state index contributed by atoms with van der Waals surface area (Å²) in [5.74, 6) is -1.66. The summed E-state index contributed by atoms with van der Waals surface area (Å²) in [5, 5.41) is 109. The van der Waals surface area contributed by atoms with E-state index in [1.54, 1.807) is 6.92 Å². The maximum absolute atomic E-state index is 11.5. The highest BCUT2D eigenvalue weighted by Gasteiger charge is 2.34. The Hall–Kier alpha value is -1.50. The topological polar surface area (TPSA) is 272 Å². The quantitative estimate of drug-likeness (QED) is 0.0654. The highest BCUT2D eigenvalue weighted by molar-refractivity contribution is 5.83. The second-order valence-corrected chi connectivity index (χ2v) is 8.66. The SMILES string of the molecule is CCC(=O)N[C@@H](CCCCN(C[C@H](O)[C@@H](O)[C@H](O)[C@H](O)CO)C[C@H](O)[C@@H](O)[C@H](O)[C@H](O)CO)C(=O)O. The van der Waals surface area contributed by atoms with Crippen molar-refractivity contribution in [3.63, 3.8) is 0 Å². The average Bonchev–Trinajstić information content (AvgIpc) is 2.86. The Bertz CT molecular complexity index is 599. The number of aliphatic hydroxyl groups is 10. The number of carbonyl (C=O) groups is 2. The molecule has 0 aromatic heterocycles. The van der Waals surface area contributed by atoms with Crippen LogP contribution in [0.5, 0.6) is 0 Å². The molecular formula is C21H42N2O13. The summed E-state index contributed by atoms with van der Waals surface area (Å²) >= 11 is 0. The fourth-order valence-electron chi connectivity index (χ4n) is 3.37. The highest BCUT2D eigenvalue weighted by atomic mass is 16.4. The van der Waals surface area contributed by atoms with E-state index in [9.17, 15) is 55.5 Å². The van der Waals surface area contributed by atoms with E-state index in [4.69, 9.17) is 10.2 Å². The van der Waals surface area contributed by atoms with Crippen LogP contribution in [0, 0.1) is 0 Å². The minimum absolute atomic E-state index is 0.0545. The van der Waals surface area contributed by atoms with E-state index in [1.165, 1.54) is 4.90 Å². The van der Waals surface area contributed by atoms with Crippen LogP contribution < -0.4 is 5.32 Å². The molecule has 0 unspecified atom stereocenters. The normalized spacial score (nSPS) is 19.6. The molecule has 0 spiro atoms. The first kappa shape index (κ1) is 34.5. The van der Waals surface area contributed by atoms with Gasteiger partial charge in [0.15, 0.2) is 0 Å². The van der Waals surface area contributed by atoms with E-state index in [1.807, 2.05) is 0 Å². The zero-order chi connectivity index (χ0) is 28.0. The summed E-state index contributed by atoms with van der Waals surface area (Å²) < 4.78 is 0. The molecule has 0 aromatic rings. The molecule has 0 aromatic carbocycles. The molecule has 214 valence electrons. The fraction of sp³-hybridized carbons (Fsp3) is 0.905. The summed E-state index contributed by atoms with van der Waals surface area (Å²) in [5.41, 5.74) is 0. The van der Waals surface area contributed by atoms with Crippen molar-refractivity contribution in [2.24, 2.45) is 0 Å². The van der Waals surface area contributed by atoms with Gasteiger partial charge < -0.3 is 61.5 Å². The van der Waals surface area contributed by atoms with E-state index in [0.29, 0.717) is 0 Å². The number of aliphatic hydroxyl groups excluding tert-OH is 10. The summed E-state index contributed by atoms with van der Waals surface area (Å²) in [4.78, 5) is 24.1. The van der Waals surface area contributed by atoms with Crippen molar-refractivity contribution in [2.45, 2.75) is 87.5 Å². The first-order chi connectivity index (χ1) is 16.8. The van der Waals surface area contributed by atoms with E-state index >= 15 is 0 Å². The first-order valence-corrected chi connectivity index (χ1v) is 11.7. The molecule has 0 saturated carbocycles. The second kappa shape index (κ2) is 17.9. The summed E-state index contributed by atoms with van der Waals surface area (Å²) in [6.07, 6.45) is -13.8. The minimum atomic E-state index is -1.90. The lowest BCUT2D eigenvalue weighted by Gasteiger charge is -2.33. The van der Waals surface area contributed by atoms with Crippen molar-refractivity contribution in [1.82, 2.24) is 10.2 Å². The van der Waals surface area contributed by atoms with Crippen LogP contribution in [0.2, 0.25) is 0 Å². The van der Waals surface area contributed by atoms with Crippen LogP contribution in [0.3, 0.4) is 0 Å². The van der Waals surface area contributed by atoms with Crippen molar-refractivity contribution >= 4 is 11.9 Å². The zero-order valence-electron chi connectivity index (χ0n) is 20.2. The van der Waals surface area contributed by atoms with Crippen molar-refractivity contribution in [1.29, 1.82) is 0 Å². The van der Waals surface area contributed by atoms with Gasteiger partial charge >= 0.3 is 5.97 Å². The largest absolute Gasteiger partial charge is 0.480 e. The Morgan fingerprint density at radius 2 is 1.14 bits per heavy atom. The molecule has 0 saturated heterocycles. The zero-order valence-corrected chi connectivity index (χ0v) is 20.2. The summed E-state index contributed by atoms with van der Waals surface area (Å²) in [6, 6.07) is -1.13. The highest BCUT2D eigenvalue weighted by Crippen LogP contribution is 2.12. The number of hydrogen-bond acceptors (Lipinski definition) is 13. The summed E-state index contributed by atoms with van der Waals surface area (Å²) in [6.45, 7) is -0.993. The van der Waals surface area contributed by atoms with Crippen LogP contribution in [0.15, 0.2) is 0 Å². The molecule has 9 atom stereocenters. The number of amides is 1. The lowest BCUT2D eigenvalue weighted by Crippen LogP contribution is -2.53. The van der Waals surface area contributed by atoms with Gasteiger partial charge in [-0.05, 0) is 25.8 Å². The Kier molecular flexibility index (Phi) is 17.1. The van der Waals surface area contributed by atoms with E-state index in [2.05, 4.69) is 5.32 Å². The van der Waals surface area contributed by atoms with Crippen molar-refractivity contribution < 1.29 is 65.8 Å². The van der Waals surface area contributed by atoms with Gasteiger partial charge in [0.2, 0.25) is 5.91 Å². The first-order valence-electron chi connectivity index (χ1n) is 11.7. The van der Waals surface area contributed by atoms with E-state index < -0.39 is 93.1 Å². The van der Waals surface area contributed by atoms with Gasteiger partial charge in [0.05, 0.1) is 25.4 Å². The number of carboxylic acid groups (broad SMARTS) is 1. The average molecular weight is 531 g/mol. The fourth-order valence-corrected chi connectivity index (χ4v) is 3.37. The van der Waals surface area contributed by atoms with Gasteiger partial charge in [-0.25, -0.2) is 4.79 Å². The van der Waals surface area contributed by atoms with Gasteiger partial charge in [0.1, 0.15) is 42.7 Å². The molecule has 0 heterocycles. The Labute approximate surface area is 208 Å². The predicted molar refractivity (Wildman–Crippen MR) is 122 cm³/mol. The molecule has 1 amide bonds. The number of aliphatic carboxylic acids is 1. The van der Waals surface area contributed by atoms with E-state index in [0.717, 1.165) is 0 Å². The molecule has 0 fully saturated rings. The van der Waals surface area contributed by atoms with Gasteiger partial charge in [0.25, 0.3) is 0 Å². The molecule has 0 radical (unpaired) electrons. The molecule has 0 bridgehead atoms. The molecule has 15 heteroatoms. The van der Waals surface area contributed by atoms with Gasteiger partial charge in [-0.3, -0.25) is 9.69 Å². The minimum Gasteiger partial charge on any atom is -0.480 e. The van der Waals surface area contributed by atoms with Crippen LogP contribution >= 0.6 is 0 Å². The lowest BCUT2D eigenvalue weighted by molar-refractivity contribution is -0.142. The van der Waals surface area contributed by atoms with Crippen molar-refractivity contribution in [3.8, 4) is 0 Å². The maximum atomic E-state index is 11.5. The molecule has 12 N–H and O–H groups in total. The van der Waals surface area contributed by atoms with Crippen molar-refractivity contribution in [3.05, 3.63) is 0 Å². The third-order valence-electron chi connectivity index (χ3n) is 5.71. The third-order valence-corrected chi connectivity index (χ3v) is 5.71. The van der Waals surface area contributed by atoms with Gasteiger partial charge in [-0.15, -0.1) is 0 Å². The summed E-state index contributed by atoms with van der Waals surface area (Å²) in [7, 11) is 0. The molecule has 36 heavy (non-hydrogen) atoms. The van der Waals surface area contributed by atoms with E-state index in [-0.39, 0.29) is 32.2 Å². The number of carboxylic acids is 1. The molecule has 0 aliphatic carbocycles. The monoisotopic (exact) mass is 530 g/mol.